The molecule has 1 aliphatic carbocycles. The van der Waals surface area contributed by atoms with Crippen molar-refractivity contribution in [3.05, 3.63) is 36.0 Å². The van der Waals surface area contributed by atoms with E-state index in [1.165, 1.54) is 43.4 Å². The molecule has 1 aromatic carbocycles. The number of anilines is 1. The van der Waals surface area contributed by atoms with E-state index < -0.39 is 0 Å². The van der Waals surface area contributed by atoms with Crippen LogP contribution in [-0.4, -0.2) is 9.78 Å². The molecule has 2 N–H and O–H groups in total. The van der Waals surface area contributed by atoms with E-state index in [1.807, 2.05) is 17.8 Å². The van der Waals surface area contributed by atoms with Crippen LogP contribution in [0.2, 0.25) is 0 Å². The highest BCUT2D eigenvalue weighted by molar-refractivity contribution is 5.77. The van der Waals surface area contributed by atoms with E-state index in [-0.39, 0.29) is 0 Å². The number of nitrogens with zero attached hydrogens (tertiary/aromatic N) is 2. The van der Waals surface area contributed by atoms with Crippen LogP contribution in [0, 0.1) is 0 Å². The summed E-state index contributed by atoms with van der Waals surface area (Å²) in [4.78, 5) is 0. The van der Waals surface area contributed by atoms with Gasteiger partial charge in [-0.05, 0) is 18.4 Å². The summed E-state index contributed by atoms with van der Waals surface area (Å²) in [6.07, 6.45) is 6.48. The first kappa shape index (κ1) is 12.3. The number of rotatable bonds is 2. The summed E-state index contributed by atoms with van der Waals surface area (Å²) in [5.41, 5.74) is 9.78. The van der Waals surface area contributed by atoms with Crippen molar-refractivity contribution in [2.75, 3.05) is 5.73 Å². The first-order valence-corrected chi connectivity index (χ1v) is 7.15. The van der Waals surface area contributed by atoms with Crippen molar-refractivity contribution >= 4 is 5.82 Å². The van der Waals surface area contributed by atoms with Crippen molar-refractivity contribution in [2.24, 2.45) is 7.05 Å². The Hall–Kier alpha value is -1.77. The lowest BCUT2D eigenvalue weighted by atomic mass is 9.84. The zero-order chi connectivity index (χ0) is 13.2. The standard InChI is InChI=1S/C16H21N3/c1-19-16(17)14(12-8-4-2-5-9-12)15(18-19)13-10-6-3-7-11-13/h2,4-5,8-9,13H,3,6-7,10-11,17H2,1H3. The Balaban J connectivity index is 2.07. The second-order valence-electron chi connectivity index (χ2n) is 5.47. The number of aryl methyl sites for hydroxylation is 1. The van der Waals surface area contributed by atoms with Crippen molar-refractivity contribution in [3.63, 3.8) is 0 Å². The number of nitrogens with two attached hydrogens (primary N) is 1. The van der Waals surface area contributed by atoms with Gasteiger partial charge in [0.05, 0.1) is 5.69 Å². The minimum Gasteiger partial charge on any atom is -0.383 e. The summed E-state index contributed by atoms with van der Waals surface area (Å²) >= 11 is 0. The lowest BCUT2D eigenvalue weighted by Gasteiger charge is -2.21. The van der Waals surface area contributed by atoms with Gasteiger partial charge < -0.3 is 5.73 Å². The van der Waals surface area contributed by atoms with E-state index in [1.54, 1.807) is 0 Å². The highest BCUT2D eigenvalue weighted by Crippen LogP contribution is 2.39. The summed E-state index contributed by atoms with van der Waals surface area (Å²) in [6, 6.07) is 10.4. The van der Waals surface area contributed by atoms with Gasteiger partial charge in [-0.3, -0.25) is 4.68 Å². The van der Waals surface area contributed by atoms with Gasteiger partial charge in [0.15, 0.2) is 0 Å². The van der Waals surface area contributed by atoms with Crippen LogP contribution in [0.1, 0.15) is 43.7 Å². The number of hydrogen-bond donors (Lipinski definition) is 1. The molecule has 1 saturated carbocycles. The first-order valence-electron chi connectivity index (χ1n) is 7.15. The van der Waals surface area contributed by atoms with Crippen molar-refractivity contribution in [1.29, 1.82) is 0 Å². The fourth-order valence-electron chi connectivity index (χ4n) is 3.12. The van der Waals surface area contributed by atoms with Gasteiger partial charge in [-0.25, -0.2) is 0 Å². The lowest BCUT2D eigenvalue weighted by molar-refractivity contribution is 0.434. The smallest absolute Gasteiger partial charge is 0.129 e. The summed E-state index contributed by atoms with van der Waals surface area (Å²) in [6.45, 7) is 0. The fraction of sp³-hybridized carbons (Fsp3) is 0.438. The normalized spacial score (nSPS) is 16.7. The largest absolute Gasteiger partial charge is 0.383 e. The molecule has 1 aliphatic rings. The second kappa shape index (κ2) is 5.08. The summed E-state index contributed by atoms with van der Waals surface area (Å²) in [5, 5.41) is 4.70. The van der Waals surface area contributed by atoms with Crippen molar-refractivity contribution in [2.45, 2.75) is 38.0 Å². The molecule has 2 aromatic rings. The van der Waals surface area contributed by atoms with Gasteiger partial charge >= 0.3 is 0 Å². The zero-order valence-electron chi connectivity index (χ0n) is 11.5. The highest BCUT2D eigenvalue weighted by atomic mass is 15.3. The van der Waals surface area contributed by atoms with Crippen LogP contribution in [-0.2, 0) is 7.05 Å². The molecule has 0 radical (unpaired) electrons. The molecule has 1 aromatic heterocycles. The van der Waals surface area contributed by atoms with Gasteiger partial charge in [-0.15, -0.1) is 0 Å². The third-order valence-electron chi connectivity index (χ3n) is 4.17. The topological polar surface area (TPSA) is 43.8 Å². The maximum Gasteiger partial charge on any atom is 0.129 e. The number of nitrogen functional groups attached to an aromatic ring is 1. The molecule has 100 valence electrons. The molecule has 3 nitrogen and oxygen atoms in total. The molecule has 0 aliphatic heterocycles. The predicted molar refractivity (Wildman–Crippen MR) is 78.9 cm³/mol. The average molecular weight is 255 g/mol. The Morgan fingerprint density at radius 3 is 2.47 bits per heavy atom. The van der Waals surface area contributed by atoms with E-state index in [0.29, 0.717) is 5.92 Å². The zero-order valence-corrected chi connectivity index (χ0v) is 11.5. The van der Waals surface area contributed by atoms with E-state index in [4.69, 9.17) is 10.8 Å². The number of hydrogen-bond acceptors (Lipinski definition) is 2. The molecule has 1 heterocycles. The van der Waals surface area contributed by atoms with E-state index in [0.717, 1.165) is 11.4 Å². The molecule has 19 heavy (non-hydrogen) atoms. The van der Waals surface area contributed by atoms with Crippen molar-refractivity contribution in [1.82, 2.24) is 9.78 Å². The molecule has 0 amide bonds. The number of aromatic nitrogens is 2. The van der Waals surface area contributed by atoms with Crippen LogP contribution in [0.15, 0.2) is 30.3 Å². The van der Waals surface area contributed by atoms with Crippen molar-refractivity contribution < 1.29 is 0 Å². The third kappa shape index (κ3) is 2.25. The van der Waals surface area contributed by atoms with Crippen molar-refractivity contribution in [3.8, 4) is 11.1 Å². The Bertz CT molecular complexity index is 551. The van der Waals surface area contributed by atoms with Gasteiger partial charge in [0.25, 0.3) is 0 Å². The van der Waals surface area contributed by atoms with Gasteiger partial charge in [0.2, 0.25) is 0 Å². The third-order valence-corrected chi connectivity index (χ3v) is 4.17. The molecule has 0 atom stereocenters. The second-order valence-corrected chi connectivity index (χ2v) is 5.47. The fourth-order valence-corrected chi connectivity index (χ4v) is 3.12. The maximum absolute atomic E-state index is 6.24. The minimum atomic E-state index is 0.576. The highest BCUT2D eigenvalue weighted by Gasteiger charge is 2.24. The molecule has 0 bridgehead atoms. The van der Waals surface area contributed by atoms with E-state index >= 15 is 0 Å². The molecule has 3 rings (SSSR count). The first-order chi connectivity index (χ1) is 9.27. The average Bonchev–Trinajstić information content (AvgIpc) is 2.77. The monoisotopic (exact) mass is 255 g/mol. The quantitative estimate of drug-likeness (QED) is 0.888. The Kier molecular flexibility index (Phi) is 3.28. The summed E-state index contributed by atoms with van der Waals surface area (Å²) in [7, 11) is 1.94. The van der Waals surface area contributed by atoms with E-state index in [2.05, 4.69) is 24.3 Å². The Morgan fingerprint density at radius 1 is 1.11 bits per heavy atom. The van der Waals surface area contributed by atoms with E-state index in [9.17, 15) is 0 Å². The van der Waals surface area contributed by atoms with Crippen LogP contribution < -0.4 is 5.73 Å². The van der Waals surface area contributed by atoms with Crippen LogP contribution in [0.25, 0.3) is 11.1 Å². The van der Waals surface area contributed by atoms with Gasteiger partial charge in [0.1, 0.15) is 5.82 Å². The molecule has 0 unspecified atom stereocenters. The summed E-state index contributed by atoms with van der Waals surface area (Å²) in [5.74, 6) is 1.36. The summed E-state index contributed by atoms with van der Waals surface area (Å²) < 4.78 is 1.83. The molecule has 0 saturated heterocycles. The minimum absolute atomic E-state index is 0.576. The molecular weight excluding hydrogens is 234 g/mol. The van der Waals surface area contributed by atoms with Crippen LogP contribution in [0.5, 0.6) is 0 Å². The van der Waals surface area contributed by atoms with Crippen LogP contribution in [0.3, 0.4) is 0 Å². The molecule has 0 spiro atoms. The maximum atomic E-state index is 6.24. The van der Waals surface area contributed by atoms with Crippen LogP contribution >= 0.6 is 0 Å². The molecule has 3 heteroatoms. The number of benzene rings is 1. The lowest BCUT2D eigenvalue weighted by Crippen LogP contribution is -2.06. The Labute approximate surface area is 114 Å². The molecular formula is C16H21N3. The Morgan fingerprint density at radius 2 is 1.79 bits per heavy atom. The SMILES string of the molecule is Cn1nc(C2CCCCC2)c(-c2ccccc2)c1N. The predicted octanol–water partition coefficient (Wildman–Crippen LogP) is 3.72. The molecule has 1 fully saturated rings. The van der Waals surface area contributed by atoms with Gasteiger partial charge in [-0.1, -0.05) is 49.6 Å². The van der Waals surface area contributed by atoms with Crippen LogP contribution in [0.4, 0.5) is 5.82 Å². The van der Waals surface area contributed by atoms with Gasteiger partial charge in [0, 0.05) is 18.5 Å². The van der Waals surface area contributed by atoms with Gasteiger partial charge in [-0.2, -0.15) is 5.10 Å².